The zero-order chi connectivity index (χ0) is 26.9. The molecule has 8 nitrogen and oxygen atoms in total. The Morgan fingerprint density at radius 1 is 0.816 bits per heavy atom. The zero-order valence-electron chi connectivity index (χ0n) is 21.4. The standard InChI is InChI=1S/C30H28N2O6/c1-36-23-16-13-21(14-17-23)25-19-30(28(34)37-2,29(35)38-3)26-18-15-20-9-7-8-12-24(20)31(26)32(25)27(33)22-10-5-4-6-11-22/h4-18,25-26H,19H2,1-3H3/t25-,26-/m0/s1. The van der Waals surface area contributed by atoms with Gasteiger partial charge in [-0.05, 0) is 41.5 Å². The topological polar surface area (TPSA) is 85.4 Å². The molecule has 0 spiro atoms. The van der Waals surface area contributed by atoms with Gasteiger partial charge in [0.2, 0.25) is 0 Å². The monoisotopic (exact) mass is 512 g/mol. The number of anilines is 1. The Balaban J connectivity index is 1.79. The number of benzene rings is 3. The summed E-state index contributed by atoms with van der Waals surface area (Å²) >= 11 is 0. The first-order valence-corrected chi connectivity index (χ1v) is 12.2. The molecule has 2 heterocycles. The number of esters is 2. The molecule has 0 aliphatic carbocycles. The van der Waals surface area contributed by atoms with Crippen LogP contribution < -0.4 is 9.75 Å². The Hall–Kier alpha value is -4.59. The van der Waals surface area contributed by atoms with Gasteiger partial charge in [0.05, 0.1) is 39.1 Å². The highest BCUT2D eigenvalue weighted by atomic mass is 16.5. The van der Waals surface area contributed by atoms with Gasteiger partial charge in [-0.1, -0.05) is 60.7 Å². The number of methoxy groups -OCH3 is 3. The van der Waals surface area contributed by atoms with Crippen LogP contribution in [-0.2, 0) is 19.1 Å². The molecule has 2 aliphatic rings. The van der Waals surface area contributed by atoms with Crippen molar-refractivity contribution in [1.82, 2.24) is 5.01 Å². The normalized spacial score (nSPS) is 19.1. The lowest BCUT2D eigenvalue weighted by atomic mass is 9.70. The number of hydrogen-bond donors (Lipinski definition) is 0. The van der Waals surface area contributed by atoms with Gasteiger partial charge in [0, 0.05) is 12.0 Å². The summed E-state index contributed by atoms with van der Waals surface area (Å²) in [6.07, 6.45) is 3.58. The lowest BCUT2D eigenvalue weighted by molar-refractivity contribution is -0.175. The second-order valence-electron chi connectivity index (χ2n) is 9.17. The number of hydrogen-bond acceptors (Lipinski definition) is 7. The molecule has 1 amide bonds. The third-order valence-electron chi connectivity index (χ3n) is 7.28. The van der Waals surface area contributed by atoms with E-state index in [4.69, 9.17) is 14.2 Å². The maximum absolute atomic E-state index is 14.3. The third kappa shape index (κ3) is 3.89. The minimum Gasteiger partial charge on any atom is -0.497 e. The van der Waals surface area contributed by atoms with E-state index in [1.54, 1.807) is 59.6 Å². The molecule has 194 valence electrons. The van der Waals surface area contributed by atoms with Crippen LogP contribution in [0.3, 0.4) is 0 Å². The average Bonchev–Trinajstić information content (AvgIpc) is 2.99. The fraction of sp³-hybridized carbons (Fsp3) is 0.233. The molecule has 8 heteroatoms. The molecule has 38 heavy (non-hydrogen) atoms. The molecule has 0 N–H and O–H groups in total. The van der Waals surface area contributed by atoms with E-state index in [1.807, 2.05) is 48.5 Å². The lowest BCUT2D eigenvalue weighted by Gasteiger charge is -2.56. The molecular weight excluding hydrogens is 484 g/mol. The molecular formula is C30H28N2O6. The van der Waals surface area contributed by atoms with Crippen LogP contribution >= 0.6 is 0 Å². The van der Waals surface area contributed by atoms with Crippen LogP contribution in [0, 0.1) is 5.41 Å². The lowest BCUT2D eigenvalue weighted by Crippen LogP contribution is -2.68. The predicted octanol–water partition coefficient (Wildman–Crippen LogP) is 4.43. The van der Waals surface area contributed by atoms with Crippen LogP contribution in [-0.4, -0.2) is 50.2 Å². The van der Waals surface area contributed by atoms with Gasteiger partial charge in [-0.3, -0.25) is 19.4 Å². The number of rotatable bonds is 5. The van der Waals surface area contributed by atoms with E-state index in [2.05, 4.69) is 0 Å². The van der Waals surface area contributed by atoms with Crippen molar-refractivity contribution in [3.05, 3.63) is 102 Å². The first-order valence-electron chi connectivity index (χ1n) is 12.2. The van der Waals surface area contributed by atoms with Crippen LogP contribution in [0.5, 0.6) is 5.75 Å². The zero-order valence-corrected chi connectivity index (χ0v) is 21.4. The third-order valence-corrected chi connectivity index (χ3v) is 7.28. The van der Waals surface area contributed by atoms with E-state index in [0.717, 1.165) is 11.1 Å². The summed E-state index contributed by atoms with van der Waals surface area (Å²) in [5.41, 5.74) is 0.970. The van der Waals surface area contributed by atoms with Gasteiger partial charge in [-0.2, -0.15) is 0 Å². The van der Waals surface area contributed by atoms with Crippen LogP contribution in [0.25, 0.3) is 6.08 Å². The molecule has 1 fully saturated rings. The minimum atomic E-state index is -1.74. The second kappa shape index (κ2) is 10.0. The van der Waals surface area contributed by atoms with Crippen molar-refractivity contribution in [2.75, 3.05) is 26.3 Å². The molecule has 0 bridgehead atoms. The van der Waals surface area contributed by atoms with Crippen molar-refractivity contribution in [2.24, 2.45) is 5.41 Å². The molecule has 2 atom stereocenters. The first kappa shape index (κ1) is 25.1. The summed E-state index contributed by atoms with van der Waals surface area (Å²) in [7, 11) is 4.07. The first-order chi connectivity index (χ1) is 18.5. The van der Waals surface area contributed by atoms with E-state index in [0.29, 0.717) is 17.0 Å². The summed E-state index contributed by atoms with van der Waals surface area (Å²) < 4.78 is 15.8. The molecule has 0 saturated carbocycles. The molecule has 2 aliphatic heterocycles. The van der Waals surface area contributed by atoms with Crippen LogP contribution in [0.1, 0.15) is 33.9 Å². The number of fused-ring (bicyclic) bond motifs is 3. The van der Waals surface area contributed by atoms with E-state index < -0.39 is 29.4 Å². The Labute approximate surface area is 221 Å². The fourth-order valence-electron chi connectivity index (χ4n) is 5.44. The highest BCUT2D eigenvalue weighted by molar-refractivity contribution is 6.04. The summed E-state index contributed by atoms with van der Waals surface area (Å²) in [6.45, 7) is 0. The average molecular weight is 513 g/mol. The largest absolute Gasteiger partial charge is 0.497 e. The summed E-state index contributed by atoms with van der Waals surface area (Å²) in [5.74, 6) is -1.09. The quantitative estimate of drug-likeness (QED) is 0.369. The number of amides is 1. The van der Waals surface area contributed by atoms with E-state index in [-0.39, 0.29) is 12.3 Å². The highest BCUT2D eigenvalue weighted by Gasteiger charge is 2.63. The van der Waals surface area contributed by atoms with Crippen molar-refractivity contribution >= 4 is 29.6 Å². The van der Waals surface area contributed by atoms with Gasteiger partial charge >= 0.3 is 11.9 Å². The Morgan fingerprint density at radius 3 is 2.08 bits per heavy atom. The predicted molar refractivity (Wildman–Crippen MR) is 141 cm³/mol. The van der Waals surface area contributed by atoms with Gasteiger partial charge in [0.15, 0.2) is 5.41 Å². The van der Waals surface area contributed by atoms with Crippen molar-refractivity contribution in [3.8, 4) is 5.75 Å². The molecule has 0 radical (unpaired) electrons. The van der Waals surface area contributed by atoms with Crippen molar-refractivity contribution in [2.45, 2.75) is 18.5 Å². The van der Waals surface area contributed by atoms with Gasteiger partial charge in [0.25, 0.3) is 5.91 Å². The molecule has 1 saturated heterocycles. The van der Waals surface area contributed by atoms with Crippen LogP contribution in [0.15, 0.2) is 84.9 Å². The summed E-state index contributed by atoms with van der Waals surface area (Å²) in [6, 6.07) is 22.1. The number of carbonyl (C=O) groups excluding carboxylic acids is 3. The number of ether oxygens (including phenoxy) is 3. The molecule has 0 aromatic heterocycles. The Morgan fingerprint density at radius 2 is 1.45 bits per heavy atom. The van der Waals surface area contributed by atoms with Gasteiger partial charge in [-0.25, -0.2) is 5.01 Å². The van der Waals surface area contributed by atoms with E-state index in [1.165, 1.54) is 14.2 Å². The van der Waals surface area contributed by atoms with Gasteiger partial charge < -0.3 is 14.2 Å². The number of carbonyl (C=O) groups is 3. The Kier molecular flexibility index (Phi) is 6.63. The maximum atomic E-state index is 14.3. The summed E-state index contributed by atoms with van der Waals surface area (Å²) in [4.78, 5) is 41.4. The van der Waals surface area contributed by atoms with E-state index in [9.17, 15) is 14.4 Å². The highest BCUT2D eigenvalue weighted by Crippen LogP contribution is 2.51. The smallest absolute Gasteiger partial charge is 0.325 e. The summed E-state index contributed by atoms with van der Waals surface area (Å²) in [5, 5.41) is 3.39. The minimum absolute atomic E-state index is 0.0507. The van der Waals surface area contributed by atoms with Crippen LogP contribution in [0.4, 0.5) is 5.69 Å². The number of hydrazine groups is 1. The van der Waals surface area contributed by atoms with Crippen molar-refractivity contribution < 1.29 is 28.6 Å². The fourth-order valence-corrected chi connectivity index (χ4v) is 5.44. The van der Waals surface area contributed by atoms with Gasteiger partial charge in [-0.15, -0.1) is 0 Å². The van der Waals surface area contributed by atoms with Crippen LogP contribution in [0.2, 0.25) is 0 Å². The molecule has 3 aromatic carbocycles. The molecule has 3 aromatic rings. The van der Waals surface area contributed by atoms with E-state index >= 15 is 0 Å². The SMILES string of the molecule is COC(=O)C1(C(=O)OC)C[C@@H](c2ccc(OC)cc2)N(C(=O)c2ccccc2)N2c3ccccc3C=C[C@H]21. The van der Waals surface area contributed by atoms with Gasteiger partial charge in [0.1, 0.15) is 5.75 Å². The van der Waals surface area contributed by atoms with Crippen molar-refractivity contribution in [1.29, 1.82) is 0 Å². The Bertz CT molecular complexity index is 1370. The maximum Gasteiger partial charge on any atom is 0.325 e. The number of para-hydroxylation sites is 1. The number of nitrogens with zero attached hydrogens (tertiary/aromatic N) is 2. The second-order valence-corrected chi connectivity index (χ2v) is 9.17. The molecule has 5 rings (SSSR count). The molecule has 0 unspecified atom stereocenters. The van der Waals surface area contributed by atoms with Crippen molar-refractivity contribution in [3.63, 3.8) is 0 Å².